The van der Waals surface area contributed by atoms with E-state index >= 15 is 0 Å². The minimum Gasteiger partial charge on any atom is -0.497 e. The lowest BCUT2D eigenvalue weighted by molar-refractivity contribution is 0.333. The molecule has 10 heteroatoms. The second-order valence-corrected chi connectivity index (χ2v) is 27.7. The summed E-state index contributed by atoms with van der Waals surface area (Å²) in [5, 5.41) is 5.36. The molecule has 0 saturated carbocycles. The van der Waals surface area contributed by atoms with Crippen LogP contribution in [0, 0.1) is 12.7 Å². The molecular weight excluding hydrogens is 1180 g/mol. The molecule has 0 saturated heterocycles. The van der Waals surface area contributed by atoms with Crippen molar-refractivity contribution < 1.29 is 9.13 Å². The van der Waals surface area contributed by atoms with Gasteiger partial charge in [0.05, 0.1) is 7.11 Å². The first-order chi connectivity index (χ1) is 47.0. The van der Waals surface area contributed by atoms with Crippen LogP contribution in [0.25, 0.3) is 43.6 Å². The van der Waals surface area contributed by atoms with Crippen LogP contribution in [0.2, 0.25) is 0 Å². The summed E-state index contributed by atoms with van der Waals surface area (Å²) in [5.41, 5.74) is 24.2. The van der Waals surface area contributed by atoms with Crippen LogP contribution in [0.1, 0.15) is 98.5 Å². The molecule has 8 aromatic carbocycles. The second-order valence-electron chi connectivity index (χ2n) is 27.7. The number of ether oxygens (including phenoxy) is 1. The highest BCUT2D eigenvalue weighted by Gasteiger charge is 2.26. The smallest absolute Gasteiger partial charge is 0.123 e. The Bertz CT molecular complexity index is 4380. The highest BCUT2D eigenvalue weighted by molar-refractivity contribution is 5.89. The quantitative estimate of drug-likeness (QED) is 0.115. The van der Waals surface area contributed by atoms with Crippen molar-refractivity contribution >= 4 is 43.6 Å². The van der Waals surface area contributed by atoms with E-state index in [1.165, 1.54) is 140 Å². The van der Waals surface area contributed by atoms with E-state index in [0.29, 0.717) is 0 Å². The number of rotatable bonds is 13. The standard InChI is InChI=1S/C22H26N2O.C22H26N2.C21H23FN2.C21H24N2/c1-23-13-6-9-21-20(16-23)19-15-18(25-2)10-11-22(19)24(21)14-12-17-7-4-3-5-8-17;1-17-10-11-22-19(15-17)20-16-23(2)13-6-9-21(20)24(22)14-12-18-7-4-3-5-8-18;1-23-12-5-8-20-19(15-23)18-14-17(22)9-10-21(18)24(20)13-11-16-6-3-2-4-7-16;1-22-14-7-12-21-19(16-22)18-10-5-6-11-20(18)23(21)15-13-17-8-3-2-4-9-17/h3-5,7-8,10-11,15H,6,9,12-14,16H2,1-2H3;3-5,7-8,10-11,15H,6,9,12-14,16H2,1-2H3;2-4,6-7,9-10,14H,5,8,11-13,15H2,1H3;2-6,8-11H,7,12-16H2,1H3. The third-order valence-corrected chi connectivity index (χ3v) is 20.8. The Morgan fingerprint density at radius 2 is 0.646 bits per heavy atom. The Morgan fingerprint density at radius 3 is 1.03 bits per heavy atom. The van der Waals surface area contributed by atoms with E-state index in [1.807, 2.05) is 6.07 Å². The van der Waals surface area contributed by atoms with Gasteiger partial charge in [0.1, 0.15) is 11.6 Å². The molecule has 0 unspecified atom stereocenters. The summed E-state index contributed by atoms with van der Waals surface area (Å²) in [7, 11) is 10.6. The highest BCUT2D eigenvalue weighted by atomic mass is 19.1. The van der Waals surface area contributed by atoms with E-state index < -0.39 is 0 Å². The van der Waals surface area contributed by atoms with Gasteiger partial charge in [-0.15, -0.1) is 0 Å². The van der Waals surface area contributed by atoms with Crippen molar-refractivity contribution in [3.63, 3.8) is 0 Å². The van der Waals surface area contributed by atoms with Crippen molar-refractivity contribution in [2.75, 3.05) is 61.5 Å². The normalized spacial score (nSPS) is 15.4. The van der Waals surface area contributed by atoms with E-state index in [2.05, 4.69) is 255 Å². The van der Waals surface area contributed by atoms with Gasteiger partial charge in [-0.2, -0.15) is 0 Å². The predicted octanol–water partition coefficient (Wildman–Crippen LogP) is 17.5. The summed E-state index contributed by atoms with van der Waals surface area (Å²) in [6.45, 7) is 15.1. The van der Waals surface area contributed by atoms with Crippen molar-refractivity contribution in [3.05, 3.63) is 279 Å². The van der Waals surface area contributed by atoms with Gasteiger partial charge in [-0.3, -0.25) is 0 Å². The molecule has 16 rings (SSSR count). The van der Waals surface area contributed by atoms with E-state index in [4.69, 9.17) is 4.74 Å². The third kappa shape index (κ3) is 15.3. The lowest BCUT2D eigenvalue weighted by atomic mass is 10.1. The van der Waals surface area contributed by atoms with Gasteiger partial charge in [-0.1, -0.05) is 151 Å². The lowest BCUT2D eigenvalue weighted by Crippen LogP contribution is -2.17. The molecular formula is C86H99FN8O. The van der Waals surface area contributed by atoms with Gasteiger partial charge in [0.15, 0.2) is 0 Å². The van der Waals surface area contributed by atoms with Crippen molar-refractivity contribution in [2.24, 2.45) is 0 Å². The number of aromatic nitrogens is 4. The van der Waals surface area contributed by atoms with E-state index in [9.17, 15) is 4.39 Å². The lowest BCUT2D eigenvalue weighted by Gasteiger charge is -2.12. The Morgan fingerprint density at radius 1 is 0.333 bits per heavy atom. The zero-order chi connectivity index (χ0) is 65.9. The predicted molar refractivity (Wildman–Crippen MR) is 398 cm³/mol. The minimum atomic E-state index is -0.141. The van der Waals surface area contributed by atoms with Crippen LogP contribution >= 0.6 is 0 Å². The first-order valence-electron chi connectivity index (χ1n) is 35.6. The van der Waals surface area contributed by atoms with Crippen molar-refractivity contribution in [2.45, 2.75) is 136 Å². The van der Waals surface area contributed by atoms with Gasteiger partial charge in [0.25, 0.3) is 0 Å². The molecule has 0 amide bonds. The molecule has 0 spiro atoms. The maximum Gasteiger partial charge on any atom is 0.123 e. The fourth-order valence-corrected chi connectivity index (χ4v) is 15.9. The minimum absolute atomic E-state index is 0.141. The van der Waals surface area contributed by atoms with Gasteiger partial charge < -0.3 is 42.6 Å². The number of fused-ring (bicyclic) bond motifs is 12. The molecule has 4 aromatic heterocycles. The van der Waals surface area contributed by atoms with Gasteiger partial charge >= 0.3 is 0 Å². The van der Waals surface area contributed by atoms with Crippen LogP contribution in [0.5, 0.6) is 5.75 Å². The van der Waals surface area contributed by atoms with Crippen molar-refractivity contribution in [3.8, 4) is 5.75 Å². The molecule has 0 bridgehead atoms. The van der Waals surface area contributed by atoms with E-state index in [0.717, 1.165) is 115 Å². The Balaban J connectivity index is 0.000000116. The summed E-state index contributed by atoms with van der Waals surface area (Å²) >= 11 is 0. The number of hydrogen-bond acceptors (Lipinski definition) is 5. The molecule has 96 heavy (non-hydrogen) atoms. The van der Waals surface area contributed by atoms with Gasteiger partial charge in [-0.25, -0.2) is 4.39 Å². The van der Waals surface area contributed by atoms with Gasteiger partial charge in [0, 0.05) is 119 Å². The number of methoxy groups -OCH3 is 1. The van der Waals surface area contributed by atoms with E-state index in [1.54, 1.807) is 41.8 Å². The van der Waals surface area contributed by atoms with Gasteiger partial charge in [-0.05, 0) is 237 Å². The van der Waals surface area contributed by atoms with Crippen LogP contribution < -0.4 is 4.74 Å². The molecule has 4 aliphatic heterocycles. The van der Waals surface area contributed by atoms with Crippen molar-refractivity contribution in [1.82, 2.24) is 37.9 Å². The summed E-state index contributed by atoms with van der Waals surface area (Å²) in [5.74, 6) is 0.805. The van der Waals surface area contributed by atoms with E-state index in [-0.39, 0.29) is 5.82 Å². The largest absolute Gasteiger partial charge is 0.497 e. The first-order valence-corrected chi connectivity index (χ1v) is 35.6. The zero-order valence-corrected chi connectivity index (χ0v) is 57.9. The van der Waals surface area contributed by atoms with Gasteiger partial charge in [0.2, 0.25) is 0 Å². The molecule has 0 radical (unpaired) electrons. The molecule has 0 fully saturated rings. The number of para-hydroxylation sites is 1. The summed E-state index contributed by atoms with van der Waals surface area (Å²) in [4.78, 5) is 9.71. The molecule has 9 nitrogen and oxygen atoms in total. The fourth-order valence-electron chi connectivity index (χ4n) is 15.9. The maximum absolute atomic E-state index is 13.8. The Labute approximate surface area is 569 Å². The second kappa shape index (κ2) is 31.1. The zero-order valence-electron chi connectivity index (χ0n) is 57.9. The summed E-state index contributed by atoms with van der Waals surface area (Å²) in [6, 6.07) is 70.7. The monoisotopic (exact) mass is 1280 g/mol. The Hall–Kier alpha value is -8.51. The molecule has 0 N–H and O–H groups in total. The third-order valence-electron chi connectivity index (χ3n) is 20.8. The average molecular weight is 1280 g/mol. The fraction of sp³-hybridized carbons (Fsp3) is 0.349. The van der Waals surface area contributed by atoms with Crippen LogP contribution in [0.4, 0.5) is 4.39 Å². The Kier molecular flexibility index (Phi) is 21.4. The molecule has 4 aliphatic rings. The molecule has 12 aromatic rings. The number of halogens is 1. The highest BCUT2D eigenvalue weighted by Crippen LogP contribution is 2.36. The molecule has 8 heterocycles. The molecule has 0 aliphatic carbocycles. The SMILES string of the molecule is CN1CCCc2c(c3cc(F)ccc3n2CCc2ccccc2)C1.CN1CCCc2c(c3ccccc3n2CCc2ccccc2)C1.COc1ccc2c(c1)c1c(n2CCc2ccccc2)CCCN(C)C1.Cc1ccc2c(c1)c1c(n2CCc2ccccc2)CCCN(C)C1. The number of nitrogens with zero attached hydrogens (tertiary/aromatic N) is 8. The molecule has 496 valence electrons. The number of benzene rings is 8. The average Bonchev–Trinajstić information content (AvgIpc) is 1.65. The van der Waals surface area contributed by atoms with Crippen LogP contribution in [-0.2, 0) is 104 Å². The van der Waals surface area contributed by atoms with Crippen LogP contribution in [-0.4, -0.2) is 99.3 Å². The van der Waals surface area contributed by atoms with Crippen LogP contribution in [0.3, 0.4) is 0 Å². The summed E-state index contributed by atoms with van der Waals surface area (Å²) < 4.78 is 29.5. The summed E-state index contributed by atoms with van der Waals surface area (Å²) in [6.07, 6.45) is 13.8. The van der Waals surface area contributed by atoms with Crippen molar-refractivity contribution in [1.29, 1.82) is 0 Å². The maximum atomic E-state index is 13.8. The molecule has 0 atom stereocenters. The van der Waals surface area contributed by atoms with Crippen LogP contribution in [0.15, 0.2) is 200 Å². The first kappa shape index (κ1) is 66.1. The number of aryl methyl sites for hydroxylation is 9. The topological polar surface area (TPSA) is 41.9 Å². The number of hydrogen-bond donors (Lipinski definition) is 0.